The lowest BCUT2D eigenvalue weighted by atomic mass is 10.1. The summed E-state index contributed by atoms with van der Waals surface area (Å²) in [6.45, 7) is 1.42. The number of carbonyl (C=O) groups is 1. The summed E-state index contributed by atoms with van der Waals surface area (Å²) >= 11 is 0. The molecule has 5 rings (SSSR count). The molecule has 0 amide bonds. The molecule has 0 unspecified atom stereocenters. The molecule has 0 saturated heterocycles. The zero-order chi connectivity index (χ0) is 20.0. The molecule has 0 spiro atoms. The molecule has 1 aliphatic rings. The van der Waals surface area contributed by atoms with E-state index < -0.39 is 11.6 Å². The second-order valence-electron chi connectivity index (χ2n) is 6.21. The van der Waals surface area contributed by atoms with Gasteiger partial charge in [0.1, 0.15) is 5.56 Å². The number of benzene rings is 2. The van der Waals surface area contributed by atoms with Gasteiger partial charge in [-0.15, -0.1) is 0 Å². The third kappa shape index (κ3) is 2.98. The summed E-state index contributed by atoms with van der Waals surface area (Å²) in [5.41, 5.74) is 0.202. The smallest absolute Gasteiger partial charge is 0.349 e. The summed E-state index contributed by atoms with van der Waals surface area (Å²) in [4.78, 5) is 28.0. The molecule has 2 aromatic carbocycles. The van der Waals surface area contributed by atoms with Gasteiger partial charge in [0.2, 0.25) is 12.6 Å². The zero-order valence-electron chi connectivity index (χ0n) is 15.0. The molecule has 0 radical (unpaired) electrons. The minimum atomic E-state index is -0.696. The SMILES string of the molecule is CC(=O)Oc1cccc2cc(-c3nc(-c4ccc5c(c4)OCO5)no3)c(=O)oc12. The summed E-state index contributed by atoms with van der Waals surface area (Å²) in [5.74, 6) is 1.14. The maximum absolute atomic E-state index is 12.5. The maximum atomic E-state index is 12.5. The molecule has 0 aliphatic carbocycles. The molecule has 0 fully saturated rings. The van der Waals surface area contributed by atoms with Crippen molar-refractivity contribution in [1.29, 1.82) is 0 Å². The van der Waals surface area contributed by atoms with Gasteiger partial charge in [-0.3, -0.25) is 4.79 Å². The molecule has 4 aromatic rings. The Morgan fingerprint density at radius 1 is 1.10 bits per heavy atom. The van der Waals surface area contributed by atoms with Crippen molar-refractivity contribution in [2.75, 3.05) is 6.79 Å². The standard InChI is InChI=1S/C20H12N2O7/c1-10(23)27-15-4-2-3-11-7-13(20(24)28-17(11)15)19-21-18(22-29-19)12-5-6-14-16(8-12)26-9-25-14/h2-8H,9H2,1H3. The molecule has 0 atom stereocenters. The van der Waals surface area contributed by atoms with E-state index in [4.69, 9.17) is 23.2 Å². The van der Waals surface area contributed by atoms with E-state index in [0.29, 0.717) is 22.4 Å². The Morgan fingerprint density at radius 3 is 2.83 bits per heavy atom. The maximum Gasteiger partial charge on any atom is 0.349 e. The van der Waals surface area contributed by atoms with Crippen LogP contribution in [0.2, 0.25) is 0 Å². The van der Waals surface area contributed by atoms with E-state index in [-0.39, 0.29) is 35.4 Å². The van der Waals surface area contributed by atoms with Crippen molar-refractivity contribution >= 4 is 16.9 Å². The minimum Gasteiger partial charge on any atom is -0.454 e. The first-order valence-electron chi connectivity index (χ1n) is 8.58. The molecule has 144 valence electrons. The van der Waals surface area contributed by atoms with E-state index in [1.54, 1.807) is 36.4 Å². The molecular formula is C20H12N2O7. The predicted octanol–water partition coefficient (Wildman–Crippen LogP) is 3.16. The quantitative estimate of drug-likeness (QED) is 0.294. The van der Waals surface area contributed by atoms with Crippen LogP contribution >= 0.6 is 0 Å². The Hall–Kier alpha value is -4.14. The van der Waals surface area contributed by atoms with Crippen LogP contribution in [0.15, 0.2) is 56.2 Å². The van der Waals surface area contributed by atoms with Gasteiger partial charge < -0.3 is 23.2 Å². The number of aromatic nitrogens is 2. The van der Waals surface area contributed by atoms with Crippen LogP contribution in [-0.4, -0.2) is 22.9 Å². The molecule has 9 nitrogen and oxygen atoms in total. The normalized spacial score (nSPS) is 12.3. The topological polar surface area (TPSA) is 114 Å². The van der Waals surface area contributed by atoms with Gasteiger partial charge in [0.25, 0.3) is 5.89 Å². The Kier molecular flexibility index (Phi) is 3.80. The number of carbonyl (C=O) groups excluding carboxylic acids is 1. The fourth-order valence-electron chi connectivity index (χ4n) is 2.99. The van der Waals surface area contributed by atoms with Gasteiger partial charge >= 0.3 is 11.6 Å². The van der Waals surface area contributed by atoms with Crippen molar-refractivity contribution in [3.8, 4) is 40.1 Å². The van der Waals surface area contributed by atoms with Crippen LogP contribution in [0.3, 0.4) is 0 Å². The van der Waals surface area contributed by atoms with Crippen LogP contribution in [0, 0.1) is 0 Å². The van der Waals surface area contributed by atoms with Gasteiger partial charge in [0, 0.05) is 17.9 Å². The number of nitrogens with zero attached hydrogens (tertiary/aromatic N) is 2. The van der Waals surface area contributed by atoms with Crippen LogP contribution in [0.1, 0.15) is 6.92 Å². The number of para-hydroxylation sites is 1. The lowest BCUT2D eigenvalue weighted by Gasteiger charge is -2.04. The third-order valence-corrected chi connectivity index (χ3v) is 4.26. The summed E-state index contributed by atoms with van der Waals surface area (Å²) in [7, 11) is 0. The Morgan fingerprint density at radius 2 is 1.97 bits per heavy atom. The van der Waals surface area contributed by atoms with Crippen LogP contribution in [-0.2, 0) is 4.79 Å². The van der Waals surface area contributed by atoms with Gasteiger partial charge in [-0.2, -0.15) is 4.98 Å². The van der Waals surface area contributed by atoms with Gasteiger partial charge in [-0.1, -0.05) is 17.3 Å². The summed E-state index contributed by atoms with van der Waals surface area (Å²) in [6, 6.07) is 11.7. The van der Waals surface area contributed by atoms with E-state index in [9.17, 15) is 9.59 Å². The summed E-state index contributed by atoms with van der Waals surface area (Å²) in [6.07, 6.45) is 0. The van der Waals surface area contributed by atoms with E-state index in [1.165, 1.54) is 13.0 Å². The first kappa shape index (κ1) is 17.0. The molecule has 9 heteroatoms. The van der Waals surface area contributed by atoms with Crippen LogP contribution in [0.5, 0.6) is 17.2 Å². The Bertz CT molecular complexity index is 1320. The minimum absolute atomic E-state index is 0.00575. The second kappa shape index (κ2) is 6.48. The average Bonchev–Trinajstić information content (AvgIpc) is 3.36. The van der Waals surface area contributed by atoms with Crippen LogP contribution in [0.4, 0.5) is 0 Å². The molecule has 2 aromatic heterocycles. The van der Waals surface area contributed by atoms with Crippen molar-refractivity contribution in [3.63, 3.8) is 0 Å². The number of ether oxygens (including phenoxy) is 3. The molecule has 1 aliphatic heterocycles. The predicted molar refractivity (Wildman–Crippen MR) is 98.6 cm³/mol. The van der Waals surface area contributed by atoms with E-state index in [1.807, 2.05) is 0 Å². The number of rotatable bonds is 3. The van der Waals surface area contributed by atoms with Crippen molar-refractivity contribution < 1.29 is 27.9 Å². The second-order valence-corrected chi connectivity index (χ2v) is 6.21. The average molecular weight is 392 g/mol. The van der Waals surface area contributed by atoms with Gasteiger partial charge in [-0.25, -0.2) is 4.79 Å². The van der Waals surface area contributed by atoms with Gasteiger partial charge in [0.15, 0.2) is 22.8 Å². The fraction of sp³-hybridized carbons (Fsp3) is 0.100. The molecule has 0 bridgehead atoms. The summed E-state index contributed by atoms with van der Waals surface area (Å²) < 4.78 is 26.3. The van der Waals surface area contributed by atoms with E-state index in [2.05, 4.69) is 10.1 Å². The molecular weight excluding hydrogens is 380 g/mol. The first-order chi connectivity index (χ1) is 14.1. The van der Waals surface area contributed by atoms with Gasteiger partial charge in [-0.05, 0) is 30.3 Å². The van der Waals surface area contributed by atoms with Gasteiger partial charge in [0.05, 0.1) is 0 Å². The van der Waals surface area contributed by atoms with Crippen molar-refractivity contribution in [2.24, 2.45) is 0 Å². The fourth-order valence-corrected chi connectivity index (χ4v) is 2.99. The molecule has 0 N–H and O–H groups in total. The zero-order valence-corrected chi connectivity index (χ0v) is 15.0. The van der Waals surface area contributed by atoms with Crippen molar-refractivity contribution in [3.05, 3.63) is 52.9 Å². The first-order valence-corrected chi connectivity index (χ1v) is 8.58. The highest BCUT2D eigenvalue weighted by atomic mass is 16.7. The highest BCUT2D eigenvalue weighted by molar-refractivity contribution is 5.87. The molecule has 0 saturated carbocycles. The Balaban J connectivity index is 1.56. The highest BCUT2D eigenvalue weighted by Gasteiger charge is 2.20. The Labute approximate surface area is 162 Å². The van der Waals surface area contributed by atoms with E-state index >= 15 is 0 Å². The molecule has 3 heterocycles. The van der Waals surface area contributed by atoms with Crippen LogP contribution in [0.25, 0.3) is 33.8 Å². The van der Waals surface area contributed by atoms with E-state index in [0.717, 1.165) is 0 Å². The number of fused-ring (bicyclic) bond motifs is 2. The van der Waals surface area contributed by atoms with Crippen LogP contribution < -0.4 is 19.8 Å². The third-order valence-electron chi connectivity index (χ3n) is 4.26. The lowest BCUT2D eigenvalue weighted by molar-refractivity contribution is -0.131. The highest BCUT2D eigenvalue weighted by Crippen LogP contribution is 2.35. The monoisotopic (exact) mass is 392 g/mol. The summed E-state index contributed by atoms with van der Waals surface area (Å²) in [5, 5.41) is 4.48. The van der Waals surface area contributed by atoms with Crippen molar-refractivity contribution in [2.45, 2.75) is 6.92 Å². The number of hydrogen-bond donors (Lipinski definition) is 0. The largest absolute Gasteiger partial charge is 0.454 e. The lowest BCUT2D eigenvalue weighted by Crippen LogP contribution is -2.06. The molecule has 29 heavy (non-hydrogen) atoms. The van der Waals surface area contributed by atoms with Crippen molar-refractivity contribution in [1.82, 2.24) is 10.1 Å². The number of hydrogen-bond acceptors (Lipinski definition) is 9. The number of esters is 1.